The molecule has 0 aliphatic carbocycles. The van der Waals surface area contributed by atoms with Gasteiger partial charge in [-0.05, 0) is 30.0 Å². The predicted molar refractivity (Wildman–Crippen MR) is 51.6 cm³/mol. The van der Waals surface area contributed by atoms with Crippen LogP contribution in [0.4, 0.5) is 8.78 Å². The first kappa shape index (κ1) is 11.6. The first-order valence-corrected chi connectivity index (χ1v) is 4.71. The van der Waals surface area contributed by atoms with E-state index in [1.54, 1.807) is 0 Å². The van der Waals surface area contributed by atoms with E-state index in [0.29, 0.717) is 12.0 Å². The van der Waals surface area contributed by atoms with Crippen LogP contribution in [0.2, 0.25) is 0 Å². The molecule has 1 N–H and O–H groups in total. The van der Waals surface area contributed by atoms with E-state index in [1.165, 1.54) is 6.07 Å². The summed E-state index contributed by atoms with van der Waals surface area (Å²) in [6.07, 6.45) is 0.513. The van der Waals surface area contributed by atoms with Gasteiger partial charge in [0.2, 0.25) is 0 Å². The van der Waals surface area contributed by atoms with Crippen LogP contribution in [0.25, 0.3) is 0 Å². The van der Waals surface area contributed by atoms with Gasteiger partial charge in [-0.3, -0.25) is 4.79 Å². The van der Waals surface area contributed by atoms with Gasteiger partial charge in [-0.2, -0.15) is 0 Å². The molecule has 0 aliphatic rings. The number of hydrogen-bond acceptors (Lipinski definition) is 1. The van der Waals surface area contributed by atoms with Crippen molar-refractivity contribution in [3.8, 4) is 0 Å². The van der Waals surface area contributed by atoms with E-state index < -0.39 is 17.6 Å². The number of benzene rings is 1. The number of rotatable bonds is 4. The smallest absolute Gasteiger partial charge is 0.303 e. The van der Waals surface area contributed by atoms with Crippen LogP contribution in [-0.4, -0.2) is 11.1 Å². The van der Waals surface area contributed by atoms with Crippen molar-refractivity contribution >= 4 is 5.97 Å². The van der Waals surface area contributed by atoms with Crippen LogP contribution in [0.5, 0.6) is 0 Å². The second kappa shape index (κ2) is 4.87. The summed E-state index contributed by atoms with van der Waals surface area (Å²) in [4.78, 5) is 10.5. The minimum Gasteiger partial charge on any atom is -0.481 e. The Morgan fingerprint density at radius 1 is 1.40 bits per heavy atom. The number of carbonyl (C=O) groups is 1. The van der Waals surface area contributed by atoms with Gasteiger partial charge < -0.3 is 5.11 Å². The van der Waals surface area contributed by atoms with Crippen molar-refractivity contribution in [1.29, 1.82) is 0 Å². The molecule has 2 nitrogen and oxygen atoms in total. The van der Waals surface area contributed by atoms with E-state index in [9.17, 15) is 13.6 Å². The molecule has 0 radical (unpaired) electrons. The first-order valence-electron chi connectivity index (χ1n) is 4.71. The van der Waals surface area contributed by atoms with Gasteiger partial charge in [-0.25, -0.2) is 8.78 Å². The van der Waals surface area contributed by atoms with Crippen molar-refractivity contribution < 1.29 is 18.7 Å². The maximum absolute atomic E-state index is 12.9. The van der Waals surface area contributed by atoms with Crippen LogP contribution in [0, 0.1) is 11.6 Å². The molecule has 1 aromatic carbocycles. The van der Waals surface area contributed by atoms with E-state index >= 15 is 0 Å². The van der Waals surface area contributed by atoms with Crippen molar-refractivity contribution in [1.82, 2.24) is 0 Å². The highest BCUT2D eigenvalue weighted by atomic mass is 19.2. The van der Waals surface area contributed by atoms with Gasteiger partial charge in [-0.1, -0.05) is 13.0 Å². The van der Waals surface area contributed by atoms with E-state index in [1.807, 2.05) is 6.92 Å². The predicted octanol–water partition coefficient (Wildman–Crippen LogP) is 2.93. The Balaban J connectivity index is 2.92. The van der Waals surface area contributed by atoms with Crippen molar-refractivity contribution in [2.45, 2.75) is 25.7 Å². The molecular formula is C11H12F2O2. The van der Waals surface area contributed by atoms with E-state index in [2.05, 4.69) is 0 Å². The summed E-state index contributed by atoms with van der Waals surface area (Å²) in [6, 6.07) is 3.51. The van der Waals surface area contributed by atoms with Gasteiger partial charge >= 0.3 is 5.97 Å². The maximum Gasteiger partial charge on any atom is 0.303 e. The second-order valence-corrected chi connectivity index (χ2v) is 3.38. The van der Waals surface area contributed by atoms with E-state index in [-0.39, 0.29) is 12.3 Å². The average Bonchev–Trinajstić information content (AvgIpc) is 2.18. The Morgan fingerprint density at radius 3 is 2.53 bits per heavy atom. The zero-order chi connectivity index (χ0) is 11.4. The van der Waals surface area contributed by atoms with Gasteiger partial charge in [0.1, 0.15) is 0 Å². The Labute approximate surface area is 86.5 Å². The lowest BCUT2D eigenvalue weighted by Gasteiger charge is -2.12. The molecule has 82 valence electrons. The molecule has 0 aliphatic heterocycles. The quantitative estimate of drug-likeness (QED) is 0.836. The number of halogens is 2. The Morgan fingerprint density at radius 2 is 2.07 bits per heavy atom. The molecule has 0 fully saturated rings. The lowest BCUT2D eigenvalue weighted by molar-refractivity contribution is -0.137. The first-order chi connectivity index (χ1) is 7.04. The fourth-order valence-corrected chi connectivity index (χ4v) is 1.47. The van der Waals surface area contributed by atoms with Gasteiger partial charge in [0.25, 0.3) is 0 Å². The monoisotopic (exact) mass is 214 g/mol. The van der Waals surface area contributed by atoms with Crippen LogP contribution in [-0.2, 0) is 4.79 Å². The highest BCUT2D eigenvalue weighted by molar-refractivity contribution is 5.68. The fraction of sp³-hybridized carbons (Fsp3) is 0.364. The van der Waals surface area contributed by atoms with Crippen molar-refractivity contribution in [2.24, 2.45) is 0 Å². The molecule has 1 rings (SSSR count). The molecule has 0 aromatic heterocycles. The van der Waals surface area contributed by atoms with E-state index in [4.69, 9.17) is 5.11 Å². The van der Waals surface area contributed by atoms with Crippen molar-refractivity contribution in [2.75, 3.05) is 0 Å². The fourth-order valence-electron chi connectivity index (χ4n) is 1.47. The zero-order valence-electron chi connectivity index (χ0n) is 8.34. The number of carboxylic acids is 1. The molecule has 1 atom stereocenters. The lowest BCUT2D eigenvalue weighted by Crippen LogP contribution is -2.06. The topological polar surface area (TPSA) is 37.3 Å². The standard InChI is InChI=1S/C11H12F2O2/c1-2-7(6-11(14)15)8-3-4-9(12)10(13)5-8/h3-5,7H,2,6H2,1H3,(H,14,15). The summed E-state index contributed by atoms with van der Waals surface area (Å²) in [7, 11) is 0. The Bertz CT molecular complexity index is 364. The summed E-state index contributed by atoms with van der Waals surface area (Å²) in [5, 5.41) is 8.63. The molecule has 1 unspecified atom stereocenters. The van der Waals surface area contributed by atoms with Crippen LogP contribution < -0.4 is 0 Å². The van der Waals surface area contributed by atoms with Crippen LogP contribution in [0.1, 0.15) is 31.2 Å². The highest BCUT2D eigenvalue weighted by Gasteiger charge is 2.15. The molecular weight excluding hydrogens is 202 g/mol. The number of aliphatic carboxylic acids is 1. The third kappa shape index (κ3) is 3.01. The molecule has 0 saturated heterocycles. The molecule has 0 bridgehead atoms. The molecule has 15 heavy (non-hydrogen) atoms. The maximum atomic E-state index is 12.9. The SMILES string of the molecule is CCC(CC(=O)O)c1ccc(F)c(F)c1. The molecule has 0 spiro atoms. The lowest BCUT2D eigenvalue weighted by atomic mass is 9.93. The number of hydrogen-bond donors (Lipinski definition) is 1. The Hall–Kier alpha value is -1.45. The van der Waals surface area contributed by atoms with Crippen molar-refractivity contribution in [3.63, 3.8) is 0 Å². The molecule has 0 heterocycles. The zero-order valence-corrected chi connectivity index (χ0v) is 8.34. The highest BCUT2D eigenvalue weighted by Crippen LogP contribution is 2.24. The normalized spacial score (nSPS) is 12.5. The molecule has 1 aromatic rings. The van der Waals surface area contributed by atoms with Crippen LogP contribution in [0.3, 0.4) is 0 Å². The summed E-state index contributed by atoms with van der Waals surface area (Å²) >= 11 is 0. The summed E-state index contributed by atoms with van der Waals surface area (Å²) < 4.78 is 25.5. The third-order valence-electron chi connectivity index (χ3n) is 2.33. The minimum absolute atomic E-state index is 0.0679. The average molecular weight is 214 g/mol. The third-order valence-corrected chi connectivity index (χ3v) is 2.33. The molecule has 0 saturated carbocycles. The Kier molecular flexibility index (Phi) is 3.77. The van der Waals surface area contributed by atoms with Gasteiger partial charge in [0.05, 0.1) is 6.42 Å². The van der Waals surface area contributed by atoms with Crippen molar-refractivity contribution in [3.05, 3.63) is 35.4 Å². The summed E-state index contributed by atoms with van der Waals surface area (Å²) in [5.41, 5.74) is 0.527. The minimum atomic E-state index is -0.938. The van der Waals surface area contributed by atoms with Gasteiger partial charge in [-0.15, -0.1) is 0 Å². The molecule has 0 amide bonds. The largest absolute Gasteiger partial charge is 0.481 e. The van der Waals surface area contributed by atoms with Crippen LogP contribution in [0.15, 0.2) is 18.2 Å². The summed E-state index contributed by atoms with van der Waals surface area (Å²) in [6.45, 7) is 1.81. The van der Waals surface area contributed by atoms with Gasteiger partial charge in [0.15, 0.2) is 11.6 Å². The number of carboxylic acid groups (broad SMARTS) is 1. The molecule has 4 heteroatoms. The van der Waals surface area contributed by atoms with E-state index in [0.717, 1.165) is 12.1 Å². The van der Waals surface area contributed by atoms with Gasteiger partial charge in [0, 0.05) is 0 Å². The second-order valence-electron chi connectivity index (χ2n) is 3.38. The summed E-state index contributed by atoms with van der Waals surface area (Å²) in [5.74, 6) is -3.05. The van der Waals surface area contributed by atoms with Crippen LogP contribution >= 0.6 is 0 Å².